The first-order valence-corrected chi connectivity index (χ1v) is 13.3. The Morgan fingerprint density at radius 2 is 2.13 bits per heavy atom. The Morgan fingerprint density at radius 1 is 1.26 bits per heavy atom. The number of rotatable bonds is 8. The van der Waals surface area contributed by atoms with E-state index in [1.54, 1.807) is 35.1 Å². The van der Waals surface area contributed by atoms with Gasteiger partial charge < -0.3 is 14.0 Å². The van der Waals surface area contributed by atoms with E-state index in [1.165, 1.54) is 6.08 Å². The van der Waals surface area contributed by atoms with Crippen molar-refractivity contribution in [2.75, 3.05) is 38.2 Å². The molecule has 0 spiro atoms. The smallest absolute Gasteiger partial charge is 0.258 e. The van der Waals surface area contributed by atoms with Gasteiger partial charge in [-0.15, -0.1) is 10.2 Å². The minimum Gasteiger partial charge on any atom is -0.484 e. The molecule has 2 fully saturated rings. The maximum absolute atomic E-state index is 13.4. The summed E-state index contributed by atoms with van der Waals surface area (Å²) in [4.78, 5) is 32.5. The number of ether oxygens (including phenoxy) is 2. The number of aromatic nitrogens is 5. The summed E-state index contributed by atoms with van der Waals surface area (Å²) in [5.41, 5.74) is 2.30. The number of carbonyl (C=O) groups excluding carboxylic acids is 2. The summed E-state index contributed by atoms with van der Waals surface area (Å²) < 4.78 is 15.0. The lowest BCUT2D eigenvalue weighted by Crippen LogP contribution is -2.38. The zero-order valence-electron chi connectivity index (χ0n) is 21.3. The average molecular weight is 550 g/mol. The number of hydrogen-bond acceptors (Lipinski definition) is 8. The molecule has 0 bridgehead atoms. The summed E-state index contributed by atoms with van der Waals surface area (Å²) in [6.45, 7) is 6.33. The molecular weight excluding hydrogens is 522 g/mol. The maximum atomic E-state index is 13.4. The van der Waals surface area contributed by atoms with E-state index in [0.29, 0.717) is 58.7 Å². The van der Waals surface area contributed by atoms with Crippen molar-refractivity contribution in [3.8, 4) is 5.75 Å². The molecule has 0 saturated carbocycles. The van der Waals surface area contributed by atoms with Crippen LogP contribution in [0.1, 0.15) is 35.7 Å². The number of likely N-dealkylation sites (tertiary alicyclic amines) is 1. The van der Waals surface area contributed by atoms with Crippen LogP contribution >= 0.6 is 11.6 Å². The highest BCUT2D eigenvalue weighted by atomic mass is 35.5. The topological polar surface area (TPSA) is 116 Å². The summed E-state index contributed by atoms with van der Waals surface area (Å²) in [5, 5.41) is 11.3. The molecule has 0 aliphatic carbocycles. The second kappa shape index (κ2) is 10.8. The molecule has 4 aromatic rings. The number of ketones is 1. The van der Waals surface area contributed by atoms with E-state index < -0.39 is 0 Å². The van der Waals surface area contributed by atoms with Gasteiger partial charge in [0.05, 0.1) is 30.8 Å². The predicted octanol–water partition coefficient (Wildman–Crippen LogP) is 3.54. The van der Waals surface area contributed by atoms with Crippen LogP contribution in [0.5, 0.6) is 5.75 Å². The largest absolute Gasteiger partial charge is 0.484 e. The van der Waals surface area contributed by atoms with Crippen LogP contribution in [0.15, 0.2) is 49.4 Å². The van der Waals surface area contributed by atoms with Gasteiger partial charge in [0.2, 0.25) is 5.95 Å². The van der Waals surface area contributed by atoms with E-state index in [2.05, 4.69) is 27.0 Å². The molecule has 11 nitrogen and oxygen atoms in total. The van der Waals surface area contributed by atoms with Crippen molar-refractivity contribution >= 4 is 45.9 Å². The Labute approximate surface area is 229 Å². The maximum Gasteiger partial charge on any atom is 0.258 e. The number of anilines is 1. The Bertz CT molecular complexity index is 1560. The van der Waals surface area contributed by atoms with Crippen molar-refractivity contribution in [1.82, 2.24) is 29.0 Å². The molecule has 2 aliphatic heterocycles. The first kappa shape index (κ1) is 25.5. The highest BCUT2D eigenvalue weighted by Crippen LogP contribution is 2.39. The zero-order chi connectivity index (χ0) is 26.9. The third-order valence-electron chi connectivity index (χ3n) is 7.15. The highest BCUT2D eigenvalue weighted by Gasteiger charge is 2.29. The van der Waals surface area contributed by atoms with E-state index in [4.69, 9.17) is 26.1 Å². The third kappa shape index (κ3) is 5.12. The van der Waals surface area contributed by atoms with Gasteiger partial charge in [-0.3, -0.25) is 24.2 Å². The number of amides is 1. The molecule has 5 heterocycles. The van der Waals surface area contributed by atoms with Gasteiger partial charge >= 0.3 is 0 Å². The van der Waals surface area contributed by atoms with Crippen molar-refractivity contribution in [3.63, 3.8) is 0 Å². The zero-order valence-corrected chi connectivity index (χ0v) is 22.0. The Morgan fingerprint density at radius 3 is 2.92 bits per heavy atom. The fourth-order valence-corrected chi connectivity index (χ4v) is 5.39. The molecule has 6 rings (SSSR count). The number of imidazole rings is 1. The van der Waals surface area contributed by atoms with Gasteiger partial charge in [-0.05, 0) is 49.7 Å². The quantitative estimate of drug-likeness (QED) is 0.332. The molecule has 1 atom stereocenters. The molecule has 12 heteroatoms. The van der Waals surface area contributed by atoms with E-state index in [-0.39, 0.29) is 30.4 Å². The lowest BCUT2D eigenvalue weighted by Gasteiger charge is -2.28. The normalized spacial score (nSPS) is 18.5. The minimum atomic E-state index is -0.330. The molecule has 2 saturated heterocycles. The van der Waals surface area contributed by atoms with Gasteiger partial charge in [0.15, 0.2) is 11.4 Å². The first-order chi connectivity index (χ1) is 19.0. The van der Waals surface area contributed by atoms with Crippen LogP contribution in [-0.2, 0) is 9.53 Å². The SMILES string of the molecule is C=CC(=O)CN1CCCCC(n2c(NC(=O)c3ccn4cnnc4c3)nc3ccc(OC4COC4)c(Cl)c32)C1. The van der Waals surface area contributed by atoms with Crippen LogP contribution < -0.4 is 10.1 Å². The molecule has 1 unspecified atom stereocenters. The highest BCUT2D eigenvalue weighted by molar-refractivity contribution is 6.36. The Balaban J connectivity index is 1.40. The summed E-state index contributed by atoms with van der Waals surface area (Å²) in [7, 11) is 0. The molecule has 1 aromatic carbocycles. The number of pyridine rings is 1. The van der Waals surface area contributed by atoms with Crippen molar-refractivity contribution in [1.29, 1.82) is 0 Å². The molecule has 39 heavy (non-hydrogen) atoms. The van der Waals surface area contributed by atoms with Gasteiger partial charge in [0.25, 0.3) is 5.91 Å². The van der Waals surface area contributed by atoms with Crippen LogP contribution in [0, 0.1) is 0 Å². The fraction of sp³-hybridized carbons (Fsp3) is 0.370. The molecule has 202 valence electrons. The van der Waals surface area contributed by atoms with Gasteiger partial charge in [-0.1, -0.05) is 24.6 Å². The molecular formula is C27H28ClN7O4. The second-order valence-corrected chi connectivity index (χ2v) is 10.2. The molecule has 1 N–H and O–H groups in total. The summed E-state index contributed by atoms with van der Waals surface area (Å²) >= 11 is 6.96. The number of benzene rings is 1. The van der Waals surface area contributed by atoms with E-state index in [1.807, 2.05) is 10.6 Å². The number of nitrogens with one attached hydrogen (secondary N) is 1. The standard InChI is InChI=1S/C27H28ClN7O4/c1-2-19(36)13-33-9-4-3-5-18(12-33)35-25-21(6-7-22(24(25)28)39-20-14-38-15-20)30-27(35)31-26(37)17-8-10-34-16-29-32-23(34)11-17/h2,6-8,10-11,16,18,20H,1,3-5,9,12-15H2,(H,30,31,37). The van der Waals surface area contributed by atoms with Gasteiger partial charge in [0, 0.05) is 24.3 Å². The van der Waals surface area contributed by atoms with E-state index in [0.717, 1.165) is 25.8 Å². The molecule has 2 aliphatic rings. The van der Waals surface area contributed by atoms with Crippen LogP contribution in [0.25, 0.3) is 16.7 Å². The Kier molecular flexibility index (Phi) is 7.03. The number of halogens is 1. The van der Waals surface area contributed by atoms with Gasteiger partial charge in [-0.2, -0.15) is 0 Å². The number of nitrogens with zero attached hydrogens (tertiary/aromatic N) is 6. The Hall–Kier alpha value is -3.80. The minimum absolute atomic E-state index is 0.0278. The summed E-state index contributed by atoms with van der Waals surface area (Å²) in [6, 6.07) is 6.92. The first-order valence-electron chi connectivity index (χ1n) is 12.9. The van der Waals surface area contributed by atoms with E-state index in [9.17, 15) is 9.59 Å². The molecule has 3 aromatic heterocycles. The van der Waals surface area contributed by atoms with Gasteiger partial charge in [0.1, 0.15) is 23.2 Å². The van der Waals surface area contributed by atoms with Crippen molar-refractivity contribution < 1.29 is 19.1 Å². The van der Waals surface area contributed by atoms with Crippen LogP contribution in [0.4, 0.5) is 5.95 Å². The second-order valence-electron chi connectivity index (χ2n) is 9.85. The molecule has 1 amide bonds. The average Bonchev–Trinajstić information content (AvgIpc) is 3.45. The van der Waals surface area contributed by atoms with Crippen LogP contribution in [0.2, 0.25) is 5.02 Å². The fourth-order valence-electron chi connectivity index (χ4n) is 5.09. The lowest BCUT2D eigenvalue weighted by atomic mass is 10.1. The van der Waals surface area contributed by atoms with Gasteiger partial charge in [-0.25, -0.2) is 4.98 Å². The van der Waals surface area contributed by atoms with Crippen molar-refractivity contribution in [2.24, 2.45) is 0 Å². The number of hydrogen-bond donors (Lipinski definition) is 1. The monoisotopic (exact) mass is 549 g/mol. The predicted molar refractivity (Wildman–Crippen MR) is 145 cm³/mol. The van der Waals surface area contributed by atoms with E-state index >= 15 is 0 Å². The third-order valence-corrected chi connectivity index (χ3v) is 7.51. The molecule has 0 radical (unpaired) electrons. The van der Waals surface area contributed by atoms with Crippen LogP contribution in [-0.4, -0.2) is 79.7 Å². The van der Waals surface area contributed by atoms with Crippen LogP contribution in [0.3, 0.4) is 0 Å². The van der Waals surface area contributed by atoms with Crippen molar-refractivity contribution in [2.45, 2.75) is 31.4 Å². The summed E-state index contributed by atoms with van der Waals surface area (Å²) in [6.07, 6.45) is 7.34. The summed E-state index contributed by atoms with van der Waals surface area (Å²) in [5.74, 6) is 0.564. The van der Waals surface area contributed by atoms with Crippen molar-refractivity contribution in [3.05, 3.63) is 60.0 Å². The lowest BCUT2D eigenvalue weighted by molar-refractivity contribution is -0.115. The number of fused-ring (bicyclic) bond motifs is 2. The number of carbonyl (C=O) groups is 2.